The first kappa shape index (κ1) is 18.1. The van der Waals surface area contributed by atoms with Gasteiger partial charge in [-0.25, -0.2) is 4.99 Å². The number of unbranched alkanes of at least 4 members (excludes halogenated alkanes) is 1. The van der Waals surface area contributed by atoms with E-state index in [0.717, 1.165) is 19.5 Å². The fourth-order valence-corrected chi connectivity index (χ4v) is 2.56. The van der Waals surface area contributed by atoms with Crippen molar-refractivity contribution in [3.8, 4) is 0 Å². The third kappa shape index (κ3) is 5.37. The predicted molar refractivity (Wildman–Crippen MR) is 102 cm³/mol. The molecule has 0 fully saturated rings. The number of aliphatic imine (C=N–C) groups is 1. The number of fused-ring (bicyclic) bond motifs is 1. The molecule has 4 nitrogen and oxygen atoms in total. The summed E-state index contributed by atoms with van der Waals surface area (Å²) in [4.78, 5) is 6.73. The summed E-state index contributed by atoms with van der Waals surface area (Å²) in [6.07, 6.45) is 4.69. The fraction of sp³-hybridized carbons (Fsp3) is 0.562. The fourth-order valence-electron chi connectivity index (χ4n) is 2.56. The van der Waals surface area contributed by atoms with Crippen LogP contribution in [0.5, 0.6) is 0 Å². The summed E-state index contributed by atoms with van der Waals surface area (Å²) in [5, 5.41) is 3.14. The Balaban J connectivity index is 0.00000220. The van der Waals surface area contributed by atoms with Crippen LogP contribution < -0.4 is 16.0 Å². The first-order chi connectivity index (χ1) is 9.70. The van der Waals surface area contributed by atoms with Gasteiger partial charge in [0.05, 0.1) is 6.54 Å². The second-order valence-electron chi connectivity index (χ2n) is 5.47. The Hall–Kier alpha value is -0.980. The van der Waals surface area contributed by atoms with Gasteiger partial charge in [-0.2, -0.15) is 0 Å². The molecule has 5 heteroatoms. The van der Waals surface area contributed by atoms with Crippen molar-refractivity contribution in [3.05, 3.63) is 29.3 Å². The van der Waals surface area contributed by atoms with Gasteiger partial charge in [-0.1, -0.05) is 25.5 Å². The molecule has 0 bridgehead atoms. The third-order valence-electron chi connectivity index (χ3n) is 3.76. The van der Waals surface area contributed by atoms with E-state index in [-0.39, 0.29) is 24.0 Å². The zero-order valence-electron chi connectivity index (χ0n) is 13.1. The maximum absolute atomic E-state index is 5.85. The molecule has 0 spiro atoms. The van der Waals surface area contributed by atoms with E-state index in [1.54, 1.807) is 0 Å². The van der Waals surface area contributed by atoms with Crippen molar-refractivity contribution in [1.29, 1.82) is 0 Å². The van der Waals surface area contributed by atoms with Crippen LogP contribution in [0.2, 0.25) is 0 Å². The van der Waals surface area contributed by atoms with Gasteiger partial charge in [0.25, 0.3) is 0 Å². The highest BCUT2D eigenvalue weighted by atomic mass is 127. The lowest BCUT2D eigenvalue weighted by Gasteiger charge is -2.27. The van der Waals surface area contributed by atoms with Gasteiger partial charge >= 0.3 is 0 Å². The van der Waals surface area contributed by atoms with Crippen molar-refractivity contribution in [2.24, 2.45) is 10.7 Å². The van der Waals surface area contributed by atoms with Crippen molar-refractivity contribution in [3.63, 3.8) is 0 Å². The number of hydrogen-bond acceptors (Lipinski definition) is 2. The summed E-state index contributed by atoms with van der Waals surface area (Å²) in [7, 11) is 2.16. The Bertz CT molecular complexity index is 473. The van der Waals surface area contributed by atoms with Gasteiger partial charge in [-0.15, -0.1) is 24.0 Å². The van der Waals surface area contributed by atoms with Crippen LogP contribution in [0.3, 0.4) is 0 Å². The number of nitrogens with two attached hydrogens (primary N) is 1. The molecular formula is C16H27IN4. The standard InChI is InChI=1S/C16H26N4.HI/c1-3-4-9-18-16(17)19-12-13-7-8-15-14(11-13)6-5-10-20(15)2;/h7-8,11H,3-6,9-10,12H2,1-2H3,(H3,17,18,19);1H. The number of hydrogen-bond donors (Lipinski definition) is 2. The largest absolute Gasteiger partial charge is 0.374 e. The minimum Gasteiger partial charge on any atom is -0.374 e. The Morgan fingerprint density at radius 3 is 3.00 bits per heavy atom. The summed E-state index contributed by atoms with van der Waals surface area (Å²) in [6.45, 7) is 4.88. The molecule has 0 amide bonds. The lowest BCUT2D eigenvalue weighted by atomic mass is 10.00. The highest BCUT2D eigenvalue weighted by molar-refractivity contribution is 14.0. The SMILES string of the molecule is CCCCNC(N)=NCc1ccc2c(c1)CCCN2C.I. The van der Waals surface area contributed by atoms with Crippen LogP contribution >= 0.6 is 24.0 Å². The Kier molecular flexibility index (Phi) is 7.85. The van der Waals surface area contributed by atoms with Crippen LogP contribution in [0, 0.1) is 0 Å². The van der Waals surface area contributed by atoms with Crippen molar-refractivity contribution in [1.82, 2.24) is 5.32 Å². The molecule has 21 heavy (non-hydrogen) atoms. The van der Waals surface area contributed by atoms with Crippen LogP contribution in [0.4, 0.5) is 5.69 Å². The summed E-state index contributed by atoms with van der Waals surface area (Å²) in [6, 6.07) is 6.64. The molecule has 0 atom stereocenters. The van der Waals surface area contributed by atoms with Gasteiger partial charge in [-0.3, -0.25) is 0 Å². The van der Waals surface area contributed by atoms with E-state index in [4.69, 9.17) is 5.73 Å². The molecule has 118 valence electrons. The second-order valence-corrected chi connectivity index (χ2v) is 5.47. The van der Waals surface area contributed by atoms with Crippen LogP contribution in [0.1, 0.15) is 37.3 Å². The van der Waals surface area contributed by atoms with Gasteiger partial charge in [0.15, 0.2) is 5.96 Å². The molecule has 1 aliphatic rings. The van der Waals surface area contributed by atoms with E-state index >= 15 is 0 Å². The maximum Gasteiger partial charge on any atom is 0.188 e. The van der Waals surface area contributed by atoms with Crippen LogP contribution in [-0.4, -0.2) is 26.1 Å². The minimum absolute atomic E-state index is 0. The van der Waals surface area contributed by atoms with Crippen molar-refractivity contribution in [2.45, 2.75) is 39.2 Å². The number of benzene rings is 1. The molecule has 3 N–H and O–H groups in total. The van der Waals surface area contributed by atoms with Crippen LogP contribution in [-0.2, 0) is 13.0 Å². The summed E-state index contributed by atoms with van der Waals surface area (Å²) < 4.78 is 0. The minimum atomic E-state index is 0. The van der Waals surface area contributed by atoms with E-state index in [0.29, 0.717) is 12.5 Å². The number of guanidine groups is 1. The zero-order chi connectivity index (χ0) is 14.4. The van der Waals surface area contributed by atoms with E-state index < -0.39 is 0 Å². The second kappa shape index (κ2) is 9.12. The number of aryl methyl sites for hydroxylation is 1. The molecule has 2 rings (SSSR count). The molecule has 0 saturated heterocycles. The van der Waals surface area contributed by atoms with Gasteiger partial charge in [-0.05, 0) is 36.5 Å². The normalized spacial score (nSPS) is 14.4. The number of nitrogens with zero attached hydrogens (tertiary/aromatic N) is 2. The van der Waals surface area contributed by atoms with Crippen molar-refractivity contribution >= 4 is 35.6 Å². The maximum atomic E-state index is 5.85. The predicted octanol–water partition coefficient (Wildman–Crippen LogP) is 2.89. The molecule has 0 aliphatic carbocycles. The van der Waals surface area contributed by atoms with Crippen molar-refractivity contribution < 1.29 is 0 Å². The quantitative estimate of drug-likeness (QED) is 0.345. The molecule has 0 unspecified atom stereocenters. The van der Waals surface area contributed by atoms with Gasteiger partial charge < -0.3 is 16.0 Å². The number of anilines is 1. The van der Waals surface area contributed by atoms with Crippen molar-refractivity contribution in [2.75, 3.05) is 25.0 Å². The van der Waals surface area contributed by atoms with Crippen LogP contribution in [0.25, 0.3) is 0 Å². The molecular weight excluding hydrogens is 375 g/mol. The van der Waals surface area contributed by atoms with Gasteiger partial charge in [0, 0.05) is 25.8 Å². The average Bonchev–Trinajstić information content (AvgIpc) is 2.45. The Labute approximate surface area is 145 Å². The number of nitrogens with one attached hydrogen (secondary N) is 1. The molecule has 0 saturated carbocycles. The van der Waals surface area contributed by atoms with E-state index in [9.17, 15) is 0 Å². The third-order valence-corrected chi connectivity index (χ3v) is 3.76. The smallest absolute Gasteiger partial charge is 0.188 e. The highest BCUT2D eigenvalue weighted by Crippen LogP contribution is 2.26. The monoisotopic (exact) mass is 402 g/mol. The zero-order valence-corrected chi connectivity index (χ0v) is 15.4. The van der Waals surface area contributed by atoms with Gasteiger partial charge in [0.1, 0.15) is 0 Å². The Morgan fingerprint density at radius 2 is 2.24 bits per heavy atom. The first-order valence-electron chi connectivity index (χ1n) is 7.57. The molecule has 1 aromatic rings. The summed E-state index contributed by atoms with van der Waals surface area (Å²) in [5.41, 5.74) is 9.88. The van der Waals surface area contributed by atoms with Gasteiger partial charge in [0.2, 0.25) is 0 Å². The average molecular weight is 402 g/mol. The number of rotatable bonds is 5. The molecule has 1 aromatic carbocycles. The van der Waals surface area contributed by atoms with E-state index in [1.165, 1.54) is 36.1 Å². The molecule has 1 aliphatic heterocycles. The number of halogens is 1. The topological polar surface area (TPSA) is 53.6 Å². The van der Waals surface area contributed by atoms with E-state index in [2.05, 4.69) is 47.4 Å². The highest BCUT2D eigenvalue weighted by Gasteiger charge is 2.13. The lowest BCUT2D eigenvalue weighted by molar-refractivity contribution is 0.741. The first-order valence-corrected chi connectivity index (χ1v) is 7.57. The lowest BCUT2D eigenvalue weighted by Crippen LogP contribution is -2.32. The molecule has 0 radical (unpaired) electrons. The van der Waals surface area contributed by atoms with E-state index in [1.807, 2.05) is 0 Å². The molecule has 0 aromatic heterocycles. The van der Waals surface area contributed by atoms with Crippen LogP contribution in [0.15, 0.2) is 23.2 Å². The molecule has 1 heterocycles. The Morgan fingerprint density at radius 1 is 1.43 bits per heavy atom. The summed E-state index contributed by atoms with van der Waals surface area (Å²) in [5.74, 6) is 0.549. The summed E-state index contributed by atoms with van der Waals surface area (Å²) >= 11 is 0.